The summed E-state index contributed by atoms with van der Waals surface area (Å²) < 4.78 is 246. The van der Waals surface area contributed by atoms with Crippen molar-refractivity contribution >= 4 is 5.97 Å². The largest absolute Gasteiger partial charge is 0.463 e. The average molecular weight is 726 g/mol. The number of esters is 1. The number of hydrogen-bond donors (Lipinski definition) is 0. The van der Waals surface area contributed by atoms with Gasteiger partial charge in [0.15, 0.2) is 6.29 Å². The van der Waals surface area contributed by atoms with E-state index in [1.54, 1.807) is 20.8 Å². The molecule has 0 aromatic carbocycles. The lowest BCUT2D eigenvalue weighted by molar-refractivity contribution is -0.553. The number of carbonyl (C=O) groups excluding carboxylic acids is 1. The van der Waals surface area contributed by atoms with E-state index in [4.69, 9.17) is 14.2 Å². The molecule has 0 heterocycles. The quantitative estimate of drug-likeness (QED) is 0.0587. The van der Waals surface area contributed by atoms with Crippen LogP contribution in [0.1, 0.15) is 40.5 Å². The minimum atomic E-state index is -7.95. The first kappa shape index (κ1) is 44.1. The highest BCUT2D eigenvalue weighted by Crippen LogP contribution is 2.56. The van der Waals surface area contributed by atoms with Gasteiger partial charge in [0.2, 0.25) is 0 Å². The second-order valence-corrected chi connectivity index (χ2v) is 9.72. The molecule has 0 aromatic rings. The molecule has 0 aliphatic carbocycles. The van der Waals surface area contributed by atoms with Crippen molar-refractivity contribution in [2.45, 2.75) is 95.2 Å². The normalized spacial score (nSPS) is 17.8. The summed E-state index contributed by atoms with van der Waals surface area (Å²) in [5, 5.41) is 0. The maximum absolute atomic E-state index is 14.4. The van der Waals surface area contributed by atoms with Crippen molar-refractivity contribution < 1.29 is 108 Å². The fraction of sp³-hybridized carbons (Fsp3) is 0.955. The maximum Gasteiger partial charge on any atom is 0.462 e. The van der Waals surface area contributed by atoms with Gasteiger partial charge in [-0.2, -0.15) is 74.6 Å². The Balaban J connectivity index is 5.42. The van der Waals surface area contributed by atoms with Gasteiger partial charge in [-0.1, -0.05) is 6.92 Å². The SMILES string of the molecule is CCC(C)(C)C(=O)OCCOC(C)OCCCOCC(F)(OC(F)(F)C(F)(OC(F)(F)C(F)(F)C(F)(F)F)C(F)(F)F)C(F)(F)F. The van der Waals surface area contributed by atoms with Crippen LogP contribution in [0.15, 0.2) is 0 Å². The lowest BCUT2D eigenvalue weighted by atomic mass is 9.91. The number of rotatable bonds is 19. The van der Waals surface area contributed by atoms with Crippen LogP contribution in [-0.4, -0.2) is 93.7 Å². The van der Waals surface area contributed by atoms with Gasteiger partial charge in [0.05, 0.1) is 18.6 Å². The van der Waals surface area contributed by atoms with E-state index in [9.17, 15) is 79.4 Å². The second kappa shape index (κ2) is 15.1. The van der Waals surface area contributed by atoms with Crippen molar-refractivity contribution in [3.63, 3.8) is 0 Å². The summed E-state index contributed by atoms with van der Waals surface area (Å²) in [6.45, 7) is 1.29. The predicted octanol–water partition coefficient (Wildman–Crippen LogP) is 7.62. The Labute approximate surface area is 248 Å². The average Bonchev–Trinajstić information content (AvgIpc) is 2.85. The maximum atomic E-state index is 14.4. The van der Waals surface area contributed by atoms with E-state index in [1.807, 2.05) is 0 Å². The molecule has 0 bridgehead atoms. The molecule has 7 nitrogen and oxygen atoms in total. The van der Waals surface area contributed by atoms with Crippen LogP contribution in [0.2, 0.25) is 0 Å². The summed E-state index contributed by atoms with van der Waals surface area (Å²) in [6, 6.07) is 0. The molecule has 24 heteroatoms. The van der Waals surface area contributed by atoms with Gasteiger partial charge < -0.3 is 18.9 Å². The monoisotopic (exact) mass is 726 g/mol. The summed E-state index contributed by atoms with van der Waals surface area (Å²) in [5.41, 5.74) is -0.781. The molecule has 0 N–H and O–H groups in total. The summed E-state index contributed by atoms with van der Waals surface area (Å²) in [5.74, 6) is -22.6. The fourth-order valence-electron chi connectivity index (χ4n) is 2.48. The first-order valence-electron chi connectivity index (χ1n) is 12.3. The minimum Gasteiger partial charge on any atom is -0.463 e. The van der Waals surface area contributed by atoms with Crippen molar-refractivity contribution in [3.05, 3.63) is 0 Å². The topological polar surface area (TPSA) is 72.5 Å². The molecule has 0 amide bonds. The molecular formula is C22H27F17O7. The Bertz CT molecular complexity index is 968. The van der Waals surface area contributed by atoms with Crippen LogP contribution >= 0.6 is 0 Å². The Morgan fingerprint density at radius 1 is 0.630 bits per heavy atom. The number of alkyl halides is 17. The van der Waals surface area contributed by atoms with Crippen molar-refractivity contribution in [1.29, 1.82) is 0 Å². The molecule has 0 aromatic heterocycles. The smallest absolute Gasteiger partial charge is 0.462 e. The second-order valence-electron chi connectivity index (χ2n) is 9.72. The molecular weight excluding hydrogens is 699 g/mol. The highest BCUT2D eigenvalue weighted by molar-refractivity contribution is 5.75. The highest BCUT2D eigenvalue weighted by Gasteiger charge is 2.85. The van der Waals surface area contributed by atoms with Crippen LogP contribution < -0.4 is 0 Å². The number of ether oxygens (including phenoxy) is 6. The molecule has 0 aliphatic rings. The Kier molecular flexibility index (Phi) is 14.5. The standard InChI is InChI=1S/C22H27F17O7/c1-5-14(3,4)13(40)44-10-9-43-12(2)42-8-6-7-41-11-15(23,18(27,28)29)45-22(38,39)17(26,20(33,34)35)46-21(36,37)16(24,25)19(30,31)32/h12H,5-11H2,1-4H3. The van der Waals surface area contributed by atoms with E-state index in [0.717, 1.165) is 0 Å². The molecule has 46 heavy (non-hydrogen) atoms. The zero-order chi connectivity index (χ0) is 36.8. The third-order valence-electron chi connectivity index (χ3n) is 5.62. The van der Waals surface area contributed by atoms with Crippen LogP contribution in [-0.2, 0) is 33.2 Å². The van der Waals surface area contributed by atoms with Gasteiger partial charge in [0, 0.05) is 6.61 Å². The molecule has 3 atom stereocenters. The van der Waals surface area contributed by atoms with Gasteiger partial charge in [0.25, 0.3) is 0 Å². The van der Waals surface area contributed by atoms with Crippen molar-refractivity contribution in [3.8, 4) is 0 Å². The molecule has 276 valence electrons. The zero-order valence-electron chi connectivity index (χ0n) is 23.8. The summed E-state index contributed by atoms with van der Waals surface area (Å²) in [7, 11) is 0. The molecule has 0 radical (unpaired) electrons. The molecule has 0 saturated heterocycles. The number of hydrogen-bond acceptors (Lipinski definition) is 7. The van der Waals surface area contributed by atoms with E-state index >= 15 is 0 Å². The van der Waals surface area contributed by atoms with E-state index in [0.29, 0.717) is 6.42 Å². The van der Waals surface area contributed by atoms with Crippen molar-refractivity contribution in [1.82, 2.24) is 0 Å². The fourth-order valence-corrected chi connectivity index (χ4v) is 2.48. The van der Waals surface area contributed by atoms with Crippen LogP contribution in [0.25, 0.3) is 0 Å². The summed E-state index contributed by atoms with van der Waals surface area (Å²) in [4.78, 5) is 11.8. The first-order valence-corrected chi connectivity index (χ1v) is 12.3. The van der Waals surface area contributed by atoms with Gasteiger partial charge in [-0.15, -0.1) is 0 Å². The highest BCUT2D eigenvalue weighted by atomic mass is 19.4. The number of halogens is 17. The Hall–Kier alpha value is -1.92. The predicted molar refractivity (Wildman–Crippen MR) is 115 cm³/mol. The third-order valence-corrected chi connectivity index (χ3v) is 5.62. The van der Waals surface area contributed by atoms with Crippen LogP contribution in [0, 0.1) is 5.41 Å². The van der Waals surface area contributed by atoms with E-state index < -0.39 is 92.3 Å². The van der Waals surface area contributed by atoms with Gasteiger partial charge in [-0.05, 0) is 33.6 Å². The van der Waals surface area contributed by atoms with Gasteiger partial charge >= 0.3 is 54.3 Å². The molecule has 0 aliphatic heterocycles. The van der Waals surface area contributed by atoms with Crippen LogP contribution in [0.4, 0.5) is 74.6 Å². The summed E-state index contributed by atoms with van der Waals surface area (Å²) in [6.07, 6.45) is -39.1. The third kappa shape index (κ3) is 10.8. The minimum absolute atomic E-state index is 0.206. The van der Waals surface area contributed by atoms with Crippen LogP contribution in [0.3, 0.4) is 0 Å². The summed E-state index contributed by atoms with van der Waals surface area (Å²) >= 11 is 0. The lowest BCUT2D eigenvalue weighted by Gasteiger charge is -2.40. The van der Waals surface area contributed by atoms with Crippen molar-refractivity contribution in [2.24, 2.45) is 5.41 Å². The molecule has 3 unspecified atom stereocenters. The zero-order valence-corrected chi connectivity index (χ0v) is 23.8. The number of carbonyl (C=O) groups is 1. The van der Waals surface area contributed by atoms with Gasteiger partial charge in [0.1, 0.15) is 13.2 Å². The van der Waals surface area contributed by atoms with E-state index in [2.05, 4.69) is 9.47 Å². The van der Waals surface area contributed by atoms with E-state index in [-0.39, 0.29) is 13.2 Å². The molecule has 0 spiro atoms. The van der Waals surface area contributed by atoms with Crippen LogP contribution in [0.5, 0.6) is 0 Å². The molecule has 0 fully saturated rings. The molecule has 0 rings (SSSR count). The van der Waals surface area contributed by atoms with E-state index in [1.165, 1.54) is 11.7 Å². The lowest BCUT2D eigenvalue weighted by Crippen LogP contribution is -2.67. The van der Waals surface area contributed by atoms with Gasteiger partial charge in [-0.3, -0.25) is 14.3 Å². The Morgan fingerprint density at radius 3 is 1.57 bits per heavy atom. The van der Waals surface area contributed by atoms with Crippen molar-refractivity contribution in [2.75, 3.05) is 33.0 Å². The Morgan fingerprint density at radius 2 is 1.13 bits per heavy atom. The van der Waals surface area contributed by atoms with Gasteiger partial charge in [-0.25, -0.2) is 0 Å². The molecule has 0 saturated carbocycles. The first-order chi connectivity index (χ1) is 20.2.